The Balaban J connectivity index is 1.57. The summed E-state index contributed by atoms with van der Waals surface area (Å²) in [6, 6.07) is 15.8. The van der Waals surface area contributed by atoms with Gasteiger partial charge in [-0.15, -0.1) is 0 Å². The molecule has 0 spiro atoms. The lowest BCUT2D eigenvalue weighted by molar-refractivity contribution is -0.124. The molecule has 2 heterocycles. The number of nitrogens with zero attached hydrogens (tertiary/aromatic N) is 2. The summed E-state index contributed by atoms with van der Waals surface area (Å²) in [5, 5.41) is 0. The summed E-state index contributed by atoms with van der Waals surface area (Å²) in [5.41, 5.74) is 3.04. The highest BCUT2D eigenvalue weighted by Gasteiger charge is 2.41. The molecule has 2 unspecified atom stereocenters. The Morgan fingerprint density at radius 2 is 1.92 bits per heavy atom. The number of rotatable bonds is 2. The summed E-state index contributed by atoms with van der Waals surface area (Å²) >= 11 is 3.44. The van der Waals surface area contributed by atoms with Crippen LogP contribution in [0.3, 0.4) is 0 Å². The summed E-state index contributed by atoms with van der Waals surface area (Å²) in [7, 11) is 0. The number of para-hydroxylation sites is 1. The molecule has 0 bridgehead atoms. The van der Waals surface area contributed by atoms with Crippen molar-refractivity contribution in [2.24, 2.45) is 5.92 Å². The Bertz CT molecular complexity index is 851. The molecule has 5 heteroatoms. The van der Waals surface area contributed by atoms with E-state index in [1.807, 2.05) is 47.4 Å². The Labute approximate surface area is 155 Å². The summed E-state index contributed by atoms with van der Waals surface area (Å²) in [6.45, 7) is 2.51. The van der Waals surface area contributed by atoms with E-state index in [0.29, 0.717) is 6.54 Å². The van der Waals surface area contributed by atoms with Crippen LogP contribution in [-0.2, 0) is 16.0 Å². The molecule has 25 heavy (non-hydrogen) atoms. The van der Waals surface area contributed by atoms with Crippen molar-refractivity contribution < 1.29 is 9.59 Å². The van der Waals surface area contributed by atoms with Gasteiger partial charge in [0.2, 0.25) is 11.8 Å². The van der Waals surface area contributed by atoms with Crippen LogP contribution in [0.2, 0.25) is 0 Å². The van der Waals surface area contributed by atoms with Gasteiger partial charge in [0.15, 0.2) is 0 Å². The molecule has 2 aliphatic heterocycles. The van der Waals surface area contributed by atoms with Crippen molar-refractivity contribution in [1.82, 2.24) is 0 Å². The van der Waals surface area contributed by atoms with Crippen LogP contribution in [0.4, 0.5) is 11.4 Å². The first kappa shape index (κ1) is 16.3. The van der Waals surface area contributed by atoms with Gasteiger partial charge in [-0.05, 0) is 43.2 Å². The molecule has 0 N–H and O–H groups in total. The van der Waals surface area contributed by atoms with Gasteiger partial charge in [0, 0.05) is 34.9 Å². The Kier molecular flexibility index (Phi) is 4.12. The van der Waals surface area contributed by atoms with Crippen molar-refractivity contribution in [3.63, 3.8) is 0 Å². The van der Waals surface area contributed by atoms with E-state index in [0.717, 1.165) is 22.3 Å². The van der Waals surface area contributed by atoms with Crippen LogP contribution in [0.1, 0.15) is 18.9 Å². The van der Waals surface area contributed by atoms with Crippen LogP contribution in [0, 0.1) is 5.92 Å². The highest BCUT2D eigenvalue weighted by atomic mass is 79.9. The van der Waals surface area contributed by atoms with Crippen LogP contribution >= 0.6 is 15.9 Å². The number of hydrogen-bond donors (Lipinski definition) is 0. The molecule has 128 valence electrons. The minimum atomic E-state index is -0.292. The predicted molar refractivity (Wildman–Crippen MR) is 102 cm³/mol. The molecule has 4 nitrogen and oxygen atoms in total. The summed E-state index contributed by atoms with van der Waals surface area (Å²) < 4.78 is 0.926. The standard InChI is InChI=1S/C20H19BrN2O2/c1-13-9-14-5-2-3-8-18(14)23(13)20(25)15-10-19(24)22(12-15)17-7-4-6-16(21)11-17/h2-8,11,13,15H,9-10,12H2,1H3. The van der Waals surface area contributed by atoms with Gasteiger partial charge in [-0.1, -0.05) is 40.2 Å². The van der Waals surface area contributed by atoms with Crippen molar-refractivity contribution in [3.05, 3.63) is 58.6 Å². The minimum absolute atomic E-state index is 0.0107. The quantitative estimate of drug-likeness (QED) is 0.771. The van der Waals surface area contributed by atoms with E-state index in [9.17, 15) is 9.59 Å². The summed E-state index contributed by atoms with van der Waals surface area (Å²) in [6.07, 6.45) is 1.15. The van der Waals surface area contributed by atoms with Gasteiger partial charge in [-0.25, -0.2) is 0 Å². The highest BCUT2D eigenvalue weighted by molar-refractivity contribution is 9.10. The van der Waals surface area contributed by atoms with Gasteiger partial charge < -0.3 is 9.80 Å². The zero-order chi connectivity index (χ0) is 17.6. The van der Waals surface area contributed by atoms with E-state index in [1.165, 1.54) is 5.56 Å². The lowest BCUT2D eigenvalue weighted by Gasteiger charge is -2.26. The van der Waals surface area contributed by atoms with E-state index in [-0.39, 0.29) is 30.2 Å². The third kappa shape index (κ3) is 2.86. The number of halogens is 1. The molecule has 4 rings (SSSR count). The fourth-order valence-corrected chi connectivity index (χ4v) is 4.25. The first-order chi connectivity index (χ1) is 12.0. The zero-order valence-electron chi connectivity index (χ0n) is 14.0. The fraction of sp³-hybridized carbons (Fsp3) is 0.300. The zero-order valence-corrected chi connectivity index (χ0v) is 15.6. The Hall–Kier alpha value is -2.14. The topological polar surface area (TPSA) is 40.6 Å². The first-order valence-corrected chi connectivity index (χ1v) is 9.31. The van der Waals surface area contributed by atoms with Gasteiger partial charge in [0.1, 0.15) is 0 Å². The highest BCUT2D eigenvalue weighted by Crippen LogP contribution is 2.35. The monoisotopic (exact) mass is 398 g/mol. The number of carbonyl (C=O) groups is 2. The van der Waals surface area contributed by atoms with Crippen molar-refractivity contribution in [2.75, 3.05) is 16.3 Å². The summed E-state index contributed by atoms with van der Waals surface area (Å²) in [4.78, 5) is 29.2. The smallest absolute Gasteiger partial charge is 0.232 e. The lowest BCUT2D eigenvalue weighted by Crippen LogP contribution is -2.41. The average Bonchev–Trinajstić information content (AvgIpc) is 3.13. The van der Waals surface area contributed by atoms with Crippen molar-refractivity contribution >= 4 is 39.1 Å². The molecule has 2 atom stereocenters. The number of carbonyl (C=O) groups excluding carboxylic acids is 2. The second kappa shape index (κ2) is 6.30. The number of amides is 2. The van der Waals surface area contributed by atoms with E-state index >= 15 is 0 Å². The molecule has 2 amide bonds. The first-order valence-electron chi connectivity index (χ1n) is 8.51. The summed E-state index contributed by atoms with van der Waals surface area (Å²) in [5.74, 6) is -0.222. The number of anilines is 2. The molecule has 2 aromatic rings. The van der Waals surface area contributed by atoms with E-state index in [4.69, 9.17) is 0 Å². The maximum absolute atomic E-state index is 13.1. The third-order valence-electron chi connectivity index (χ3n) is 5.04. The number of hydrogen-bond acceptors (Lipinski definition) is 2. The van der Waals surface area contributed by atoms with Crippen LogP contribution in [-0.4, -0.2) is 24.4 Å². The van der Waals surface area contributed by atoms with Gasteiger partial charge in [-0.3, -0.25) is 9.59 Å². The maximum Gasteiger partial charge on any atom is 0.232 e. The lowest BCUT2D eigenvalue weighted by atomic mass is 10.1. The number of fused-ring (bicyclic) bond motifs is 1. The molecular formula is C20H19BrN2O2. The molecule has 0 aromatic heterocycles. The Morgan fingerprint density at radius 3 is 2.72 bits per heavy atom. The molecule has 1 fully saturated rings. The van der Waals surface area contributed by atoms with Crippen molar-refractivity contribution in [3.8, 4) is 0 Å². The van der Waals surface area contributed by atoms with Crippen LogP contribution in [0.15, 0.2) is 53.0 Å². The number of benzene rings is 2. The van der Waals surface area contributed by atoms with Crippen LogP contribution < -0.4 is 9.80 Å². The normalized spacial score (nSPS) is 22.4. The second-order valence-corrected chi connectivity index (χ2v) is 7.69. The van der Waals surface area contributed by atoms with Gasteiger partial charge in [0.05, 0.1) is 5.92 Å². The minimum Gasteiger partial charge on any atom is -0.312 e. The van der Waals surface area contributed by atoms with Gasteiger partial charge in [0.25, 0.3) is 0 Å². The average molecular weight is 399 g/mol. The van der Waals surface area contributed by atoms with Crippen LogP contribution in [0.25, 0.3) is 0 Å². The van der Waals surface area contributed by atoms with Crippen molar-refractivity contribution in [1.29, 1.82) is 0 Å². The van der Waals surface area contributed by atoms with Crippen LogP contribution in [0.5, 0.6) is 0 Å². The molecule has 0 aliphatic carbocycles. The largest absolute Gasteiger partial charge is 0.312 e. The van der Waals surface area contributed by atoms with Gasteiger partial charge in [-0.2, -0.15) is 0 Å². The predicted octanol–water partition coefficient (Wildman–Crippen LogP) is 3.78. The van der Waals surface area contributed by atoms with Crippen molar-refractivity contribution in [2.45, 2.75) is 25.8 Å². The molecule has 0 radical (unpaired) electrons. The molecule has 2 aromatic carbocycles. The Morgan fingerprint density at radius 1 is 1.12 bits per heavy atom. The third-order valence-corrected chi connectivity index (χ3v) is 5.53. The SMILES string of the molecule is CC1Cc2ccccc2N1C(=O)C1CC(=O)N(c2cccc(Br)c2)C1. The molecular weight excluding hydrogens is 380 g/mol. The maximum atomic E-state index is 13.1. The fourth-order valence-electron chi connectivity index (χ4n) is 3.86. The molecule has 1 saturated heterocycles. The molecule has 2 aliphatic rings. The molecule has 0 saturated carbocycles. The van der Waals surface area contributed by atoms with E-state index in [2.05, 4.69) is 28.9 Å². The van der Waals surface area contributed by atoms with Gasteiger partial charge >= 0.3 is 0 Å². The van der Waals surface area contributed by atoms with E-state index < -0.39 is 0 Å². The second-order valence-electron chi connectivity index (χ2n) is 6.78. The van der Waals surface area contributed by atoms with E-state index in [1.54, 1.807) is 4.90 Å².